The van der Waals surface area contributed by atoms with Gasteiger partial charge in [0, 0.05) is 6.04 Å². The van der Waals surface area contributed by atoms with Gasteiger partial charge in [-0.3, -0.25) is 9.59 Å². The number of methoxy groups -OCH3 is 1. The van der Waals surface area contributed by atoms with Gasteiger partial charge in [0.05, 0.1) is 23.6 Å². The van der Waals surface area contributed by atoms with Crippen LogP contribution in [0.2, 0.25) is 5.02 Å². The van der Waals surface area contributed by atoms with Crippen LogP contribution in [-0.4, -0.2) is 36.2 Å². The van der Waals surface area contributed by atoms with Gasteiger partial charge in [0.15, 0.2) is 0 Å². The van der Waals surface area contributed by atoms with Crippen LogP contribution >= 0.6 is 11.6 Å². The molecule has 0 heterocycles. The predicted molar refractivity (Wildman–Crippen MR) is 88.7 cm³/mol. The number of nitrogens with one attached hydrogen (secondary N) is 1. The third-order valence-electron chi connectivity index (χ3n) is 4.00. The number of carboxylic acid groups (broad SMARTS) is 1. The number of ether oxygens (including phenoxy) is 1. The molecule has 0 saturated heterocycles. The molecule has 1 amide bonds. The molecule has 1 aromatic carbocycles. The monoisotopic (exact) mass is 342 g/mol. The molecule has 0 fully saturated rings. The fourth-order valence-electron chi connectivity index (χ4n) is 1.87. The second-order valence-corrected chi connectivity index (χ2v) is 6.44. The maximum atomic E-state index is 12.1. The van der Waals surface area contributed by atoms with Gasteiger partial charge < -0.3 is 20.9 Å². The van der Waals surface area contributed by atoms with Gasteiger partial charge in [0.1, 0.15) is 5.75 Å². The summed E-state index contributed by atoms with van der Waals surface area (Å²) >= 11 is 6.04. The summed E-state index contributed by atoms with van der Waals surface area (Å²) in [6, 6.07) is 3.82. The Kier molecular flexibility index (Phi) is 6.41. The van der Waals surface area contributed by atoms with Crippen molar-refractivity contribution in [2.75, 3.05) is 7.11 Å². The lowest BCUT2D eigenvalue weighted by molar-refractivity contribution is -0.148. The third-order valence-corrected chi connectivity index (χ3v) is 4.30. The topological polar surface area (TPSA) is 102 Å². The number of hydrogen-bond acceptors (Lipinski definition) is 4. The second-order valence-electron chi connectivity index (χ2n) is 6.04. The van der Waals surface area contributed by atoms with E-state index < -0.39 is 29.4 Å². The van der Waals surface area contributed by atoms with E-state index in [1.165, 1.54) is 7.11 Å². The van der Waals surface area contributed by atoms with Crippen molar-refractivity contribution in [1.29, 1.82) is 0 Å². The van der Waals surface area contributed by atoms with Crippen LogP contribution in [0.4, 0.5) is 0 Å². The van der Waals surface area contributed by atoms with Gasteiger partial charge in [-0.05, 0) is 44.9 Å². The van der Waals surface area contributed by atoms with Gasteiger partial charge in [-0.1, -0.05) is 17.7 Å². The zero-order valence-corrected chi connectivity index (χ0v) is 14.5. The summed E-state index contributed by atoms with van der Waals surface area (Å²) in [6.07, 6.45) is 0.287. The number of hydrogen-bond donors (Lipinski definition) is 3. The number of carbonyl (C=O) groups excluding carboxylic acids is 1. The molecule has 23 heavy (non-hydrogen) atoms. The summed E-state index contributed by atoms with van der Waals surface area (Å²) in [5, 5.41) is 12.3. The summed E-state index contributed by atoms with van der Waals surface area (Å²) < 4.78 is 5.07. The van der Waals surface area contributed by atoms with Crippen molar-refractivity contribution >= 4 is 23.5 Å². The van der Waals surface area contributed by atoms with E-state index >= 15 is 0 Å². The fraction of sp³-hybridized carbons (Fsp3) is 0.500. The minimum absolute atomic E-state index is 0.287. The SMILES string of the molecule is COc1ccc(C[C@@H](N)C(=O)N[C@@H](C)C(C)(C)C(=O)O)cc1Cl. The van der Waals surface area contributed by atoms with Crippen LogP contribution < -0.4 is 15.8 Å². The van der Waals surface area contributed by atoms with Crippen LogP contribution in [0.1, 0.15) is 26.3 Å². The van der Waals surface area contributed by atoms with Crippen LogP contribution in [0.25, 0.3) is 0 Å². The maximum absolute atomic E-state index is 12.1. The Morgan fingerprint density at radius 3 is 2.52 bits per heavy atom. The number of nitrogens with two attached hydrogens (primary N) is 1. The van der Waals surface area contributed by atoms with Crippen molar-refractivity contribution in [3.8, 4) is 5.75 Å². The lowest BCUT2D eigenvalue weighted by atomic mass is 9.85. The van der Waals surface area contributed by atoms with E-state index in [2.05, 4.69) is 5.32 Å². The molecule has 0 aliphatic rings. The van der Waals surface area contributed by atoms with Crippen LogP contribution in [0.3, 0.4) is 0 Å². The summed E-state index contributed by atoms with van der Waals surface area (Å²) in [4.78, 5) is 23.3. The van der Waals surface area contributed by atoms with Crippen molar-refractivity contribution < 1.29 is 19.4 Å². The Hall–Kier alpha value is -1.79. The molecule has 2 atom stereocenters. The first-order valence-corrected chi connectivity index (χ1v) is 7.59. The first-order chi connectivity index (χ1) is 10.6. The Bertz CT molecular complexity index is 589. The molecular formula is C16H23ClN2O4. The van der Waals surface area contributed by atoms with Gasteiger partial charge in [-0.2, -0.15) is 0 Å². The molecule has 1 rings (SSSR count). The average Bonchev–Trinajstić information content (AvgIpc) is 2.46. The summed E-state index contributed by atoms with van der Waals surface area (Å²) in [7, 11) is 1.52. The molecule has 0 spiro atoms. The number of aliphatic carboxylic acids is 1. The van der Waals surface area contributed by atoms with Gasteiger partial charge in [-0.15, -0.1) is 0 Å². The number of carboxylic acids is 1. The zero-order chi connectivity index (χ0) is 17.8. The van der Waals surface area contributed by atoms with Crippen LogP contribution in [0, 0.1) is 5.41 Å². The second kappa shape index (κ2) is 7.66. The normalized spacial score (nSPS) is 14.0. The molecule has 0 saturated carbocycles. The highest BCUT2D eigenvalue weighted by molar-refractivity contribution is 6.32. The highest BCUT2D eigenvalue weighted by Gasteiger charge is 2.35. The highest BCUT2D eigenvalue weighted by atomic mass is 35.5. The van der Waals surface area contributed by atoms with Gasteiger partial charge in [0.2, 0.25) is 5.91 Å². The van der Waals surface area contributed by atoms with E-state index in [1.54, 1.807) is 39.0 Å². The minimum Gasteiger partial charge on any atom is -0.495 e. The standard InChI is InChI=1S/C16H23ClN2O4/c1-9(16(2,3)15(21)22)19-14(20)12(18)8-10-5-6-13(23-4)11(17)7-10/h5-7,9,12H,8,18H2,1-4H3,(H,19,20)(H,21,22)/t9-,12+/m0/s1. The lowest BCUT2D eigenvalue weighted by Gasteiger charge is -2.29. The van der Waals surface area contributed by atoms with Crippen molar-refractivity contribution in [2.24, 2.45) is 11.1 Å². The van der Waals surface area contributed by atoms with Gasteiger partial charge in [0.25, 0.3) is 0 Å². The van der Waals surface area contributed by atoms with Crippen molar-refractivity contribution in [3.05, 3.63) is 28.8 Å². The summed E-state index contributed by atoms with van der Waals surface area (Å²) in [6.45, 7) is 4.74. The summed E-state index contributed by atoms with van der Waals surface area (Å²) in [5.41, 5.74) is 5.61. The molecule has 0 aromatic heterocycles. The van der Waals surface area contributed by atoms with E-state index in [-0.39, 0.29) is 6.42 Å². The Morgan fingerprint density at radius 2 is 2.04 bits per heavy atom. The summed E-state index contributed by atoms with van der Waals surface area (Å²) in [5.74, 6) is -0.843. The molecule has 6 nitrogen and oxygen atoms in total. The number of carbonyl (C=O) groups is 2. The highest BCUT2D eigenvalue weighted by Crippen LogP contribution is 2.25. The molecule has 0 bridgehead atoms. The van der Waals surface area contributed by atoms with Crippen molar-refractivity contribution in [1.82, 2.24) is 5.32 Å². The quantitative estimate of drug-likeness (QED) is 0.701. The molecular weight excluding hydrogens is 320 g/mol. The molecule has 0 radical (unpaired) electrons. The van der Waals surface area contributed by atoms with Crippen molar-refractivity contribution in [3.63, 3.8) is 0 Å². The molecule has 4 N–H and O–H groups in total. The zero-order valence-electron chi connectivity index (χ0n) is 13.7. The average molecular weight is 343 g/mol. The molecule has 0 aliphatic carbocycles. The first-order valence-electron chi connectivity index (χ1n) is 7.21. The number of amides is 1. The van der Waals surface area contributed by atoms with Crippen LogP contribution in [-0.2, 0) is 16.0 Å². The van der Waals surface area contributed by atoms with Crippen molar-refractivity contribution in [2.45, 2.75) is 39.3 Å². The fourth-order valence-corrected chi connectivity index (χ4v) is 2.15. The number of benzene rings is 1. The lowest BCUT2D eigenvalue weighted by Crippen LogP contribution is -2.52. The third kappa shape index (κ3) is 4.84. The smallest absolute Gasteiger partial charge is 0.311 e. The Balaban J connectivity index is 2.71. The van der Waals surface area contributed by atoms with E-state index in [0.29, 0.717) is 10.8 Å². The van der Waals surface area contributed by atoms with E-state index in [9.17, 15) is 9.59 Å². The number of rotatable bonds is 7. The number of halogens is 1. The molecule has 7 heteroatoms. The van der Waals surface area contributed by atoms with Gasteiger partial charge >= 0.3 is 5.97 Å². The minimum atomic E-state index is -1.08. The molecule has 0 unspecified atom stereocenters. The van der Waals surface area contributed by atoms with Crippen LogP contribution in [0.15, 0.2) is 18.2 Å². The molecule has 0 aliphatic heterocycles. The molecule has 1 aromatic rings. The first kappa shape index (κ1) is 19.3. The van der Waals surface area contributed by atoms with Crippen LogP contribution in [0.5, 0.6) is 5.75 Å². The van der Waals surface area contributed by atoms with E-state index in [0.717, 1.165) is 5.56 Å². The molecule has 128 valence electrons. The predicted octanol–water partition coefficient (Wildman–Crippen LogP) is 1.83. The van der Waals surface area contributed by atoms with E-state index in [1.807, 2.05) is 0 Å². The van der Waals surface area contributed by atoms with E-state index in [4.69, 9.17) is 27.2 Å². The van der Waals surface area contributed by atoms with Gasteiger partial charge in [-0.25, -0.2) is 0 Å². The largest absolute Gasteiger partial charge is 0.495 e. The Labute approximate surface area is 141 Å². The Morgan fingerprint density at radius 1 is 1.43 bits per heavy atom. The maximum Gasteiger partial charge on any atom is 0.311 e.